The molecule has 1 saturated heterocycles. The van der Waals surface area contributed by atoms with Gasteiger partial charge in [0.2, 0.25) is 0 Å². The molecule has 1 fully saturated rings. The van der Waals surface area contributed by atoms with Crippen LogP contribution in [0.4, 0.5) is 11.5 Å². The molecule has 3 N–H and O–H groups in total. The van der Waals surface area contributed by atoms with Crippen molar-refractivity contribution < 1.29 is 5.11 Å². The molecule has 82 valence electrons. The number of nitrogens with zero attached hydrogens (tertiary/aromatic N) is 2. The second kappa shape index (κ2) is 4.37. The Morgan fingerprint density at radius 2 is 2.33 bits per heavy atom. The number of nitrogen functional groups attached to an aromatic ring is 1. The summed E-state index contributed by atoms with van der Waals surface area (Å²) >= 11 is 3.40. The fraction of sp³-hybridized carbons (Fsp3) is 0.500. The molecule has 0 bridgehead atoms. The molecule has 0 saturated carbocycles. The van der Waals surface area contributed by atoms with E-state index in [1.165, 1.54) is 0 Å². The Kier molecular flexibility index (Phi) is 3.11. The fourth-order valence-electron chi connectivity index (χ4n) is 1.87. The van der Waals surface area contributed by atoms with E-state index >= 15 is 0 Å². The van der Waals surface area contributed by atoms with Crippen LogP contribution in [0, 0.1) is 0 Å². The molecule has 5 heteroatoms. The van der Waals surface area contributed by atoms with Gasteiger partial charge in [-0.25, -0.2) is 4.98 Å². The van der Waals surface area contributed by atoms with Crippen molar-refractivity contribution in [3.63, 3.8) is 0 Å². The molecule has 2 heterocycles. The molecule has 0 aromatic carbocycles. The molecule has 2 rings (SSSR count). The number of piperidine rings is 1. The molecular formula is C10H14BrN3O. The third kappa shape index (κ3) is 2.08. The van der Waals surface area contributed by atoms with Crippen LogP contribution in [0.3, 0.4) is 0 Å². The molecule has 1 aliphatic heterocycles. The van der Waals surface area contributed by atoms with Crippen molar-refractivity contribution in [1.82, 2.24) is 4.98 Å². The summed E-state index contributed by atoms with van der Waals surface area (Å²) < 4.78 is 0.769. The summed E-state index contributed by atoms with van der Waals surface area (Å²) in [6.07, 6.45) is 4.25. The zero-order chi connectivity index (χ0) is 10.8. The van der Waals surface area contributed by atoms with Crippen LogP contribution in [0.25, 0.3) is 0 Å². The molecule has 1 aromatic rings. The van der Waals surface area contributed by atoms with E-state index in [-0.39, 0.29) is 0 Å². The molecule has 15 heavy (non-hydrogen) atoms. The van der Waals surface area contributed by atoms with E-state index in [0.717, 1.165) is 36.0 Å². The summed E-state index contributed by atoms with van der Waals surface area (Å²) in [4.78, 5) is 5.95. The number of anilines is 2. The minimum atomic E-state index is -0.406. The van der Waals surface area contributed by atoms with Gasteiger partial charge in [-0.2, -0.15) is 0 Å². The molecule has 0 amide bonds. The SMILES string of the molecule is Nc1nccc(N2CCCCC2O)c1Br. The summed E-state index contributed by atoms with van der Waals surface area (Å²) in [5.74, 6) is 0.463. The predicted molar refractivity (Wildman–Crippen MR) is 63.6 cm³/mol. The second-order valence-electron chi connectivity index (χ2n) is 3.70. The van der Waals surface area contributed by atoms with E-state index in [9.17, 15) is 5.11 Å². The van der Waals surface area contributed by atoms with E-state index in [1.54, 1.807) is 6.20 Å². The molecule has 4 nitrogen and oxygen atoms in total. The summed E-state index contributed by atoms with van der Waals surface area (Å²) in [5, 5.41) is 9.88. The van der Waals surface area contributed by atoms with Gasteiger partial charge in [0.1, 0.15) is 12.0 Å². The van der Waals surface area contributed by atoms with Gasteiger partial charge in [-0.15, -0.1) is 0 Å². The summed E-state index contributed by atoms with van der Waals surface area (Å²) in [6.45, 7) is 0.864. The van der Waals surface area contributed by atoms with Crippen LogP contribution in [0.5, 0.6) is 0 Å². The van der Waals surface area contributed by atoms with Gasteiger partial charge in [0, 0.05) is 12.7 Å². The monoisotopic (exact) mass is 271 g/mol. The van der Waals surface area contributed by atoms with Crippen molar-refractivity contribution in [2.45, 2.75) is 25.5 Å². The molecule has 1 aromatic heterocycles. The van der Waals surface area contributed by atoms with E-state index < -0.39 is 6.23 Å². The van der Waals surface area contributed by atoms with Crippen molar-refractivity contribution in [2.24, 2.45) is 0 Å². The van der Waals surface area contributed by atoms with Crippen LogP contribution >= 0.6 is 15.9 Å². The average molecular weight is 272 g/mol. The molecule has 1 atom stereocenters. The molecule has 0 aliphatic carbocycles. The van der Waals surface area contributed by atoms with Crippen molar-refractivity contribution in [1.29, 1.82) is 0 Å². The largest absolute Gasteiger partial charge is 0.383 e. The number of rotatable bonds is 1. The number of aliphatic hydroxyl groups is 1. The highest BCUT2D eigenvalue weighted by molar-refractivity contribution is 9.10. The maximum absolute atomic E-state index is 9.88. The molecule has 0 radical (unpaired) electrons. The van der Waals surface area contributed by atoms with Crippen molar-refractivity contribution in [2.75, 3.05) is 17.2 Å². The van der Waals surface area contributed by atoms with Crippen LogP contribution in [0.1, 0.15) is 19.3 Å². The number of halogens is 1. The third-order valence-corrected chi connectivity index (χ3v) is 3.49. The van der Waals surface area contributed by atoms with E-state index in [4.69, 9.17) is 5.73 Å². The van der Waals surface area contributed by atoms with Crippen LogP contribution in [0.15, 0.2) is 16.7 Å². The number of hydrogen-bond donors (Lipinski definition) is 2. The van der Waals surface area contributed by atoms with Gasteiger partial charge in [0.05, 0.1) is 10.2 Å². The minimum Gasteiger partial charge on any atom is -0.383 e. The van der Waals surface area contributed by atoms with E-state index in [0.29, 0.717) is 5.82 Å². The van der Waals surface area contributed by atoms with Gasteiger partial charge >= 0.3 is 0 Å². The highest BCUT2D eigenvalue weighted by Crippen LogP contribution is 2.33. The quantitative estimate of drug-likeness (QED) is 0.817. The van der Waals surface area contributed by atoms with Gasteiger partial charge < -0.3 is 15.7 Å². The van der Waals surface area contributed by atoms with Crippen LogP contribution in [0.2, 0.25) is 0 Å². The third-order valence-electron chi connectivity index (χ3n) is 2.68. The summed E-state index contributed by atoms with van der Waals surface area (Å²) in [6, 6.07) is 1.87. The lowest BCUT2D eigenvalue weighted by Gasteiger charge is -2.34. The second-order valence-corrected chi connectivity index (χ2v) is 4.49. The van der Waals surface area contributed by atoms with Crippen molar-refractivity contribution in [3.05, 3.63) is 16.7 Å². The van der Waals surface area contributed by atoms with Crippen LogP contribution in [-0.4, -0.2) is 22.9 Å². The topological polar surface area (TPSA) is 62.4 Å². The first kappa shape index (κ1) is 10.7. The van der Waals surface area contributed by atoms with Crippen molar-refractivity contribution in [3.8, 4) is 0 Å². The van der Waals surface area contributed by atoms with Crippen molar-refractivity contribution >= 4 is 27.4 Å². The highest BCUT2D eigenvalue weighted by atomic mass is 79.9. The molecular weight excluding hydrogens is 258 g/mol. The minimum absolute atomic E-state index is 0.406. The zero-order valence-corrected chi connectivity index (χ0v) is 9.94. The Bertz CT molecular complexity index is 359. The van der Waals surface area contributed by atoms with Gasteiger partial charge in [-0.1, -0.05) is 0 Å². The van der Waals surface area contributed by atoms with Gasteiger partial charge in [0.25, 0.3) is 0 Å². The Morgan fingerprint density at radius 3 is 3.07 bits per heavy atom. The number of pyridine rings is 1. The smallest absolute Gasteiger partial charge is 0.139 e. The standard InChI is InChI=1S/C10H14BrN3O/c11-9-7(4-5-13-10(9)12)14-6-2-1-3-8(14)15/h4-5,8,15H,1-3,6H2,(H2,12,13). The predicted octanol–water partition coefficient (Wildman–Crippen LogP) is 1.73. The maximum atomic E-state index is 9.88. The summed E-state index contributed by atoms with van der Waals surface area (Å²) in [5.41, 5.74) is 6.63. The molecule has 1 aliphatic rings. The number of hydrogen-bond acceptors (Lipinski definition) is 4. The first-order valence-corrected chi connectivity index (χ1v) is 5.84. The average Bonchev–Trinajstić information content (AvgIpc) is 2.23. The Balaban J connectivity index is 2.31. The highest BCUT2D eigenvalue weighted by Gasteiger charge is 2.22. The summed E-state index contributed by atoms with van der Waals surface area (Å²) in [7, 11) is 0. The van der Waals surface area contributed by atoms with Crippen LogP contribution in [-0.2, 0) is 0 Å². The van der Waals surface area contributed by atoms with Gasteiger partial charge in [-0.3, -0.25) is 0 Å². The lowest BCUT2D eigenvalue weighted by Crippen LogP contribution is -2.39. The Morgan fingerprint density at radius 1 is 1.53 bits per heavy atom. The maximum Gasteiger partial charge on any atom is 0.139 e. The molecule has 1 unspecified atom stereocenters. The Hall–Kier alpha value is -0.810. The van der Waals surface area contributed by atoms with Gasteiger partial charge in [0.15, 0.2) is 0 Å². The van der Waals surface area contributed by atoms with Crippen LogP contribution < -0.4 is 10.6 Å². The fourth-order valence-corrected chi connectivity index (χ4v) is 2.33. The first-order chi connectivity index (χ1) is 7.20. The number of aromatic nitrogens is 1. The van der Waals surface area contributed by atoms with E-state index in [1.807, 2.05) is 11.0 Å². The Labute approximate surface area is 97.2 Å². The molecule has 0 spiro atoms. The lowest BCUT2D eigenvalue weighted by molar-refractivity contribution is 0.140. The van der Waals surface area contributed by atoms with E-state index in [2.05, 4.69) is 20.9 Å². The van der Waals surface area contributed by atoms with Gasteiger partial charge in [-0.05, 0) is 41.3 Å². The lowest BCUT2D eigenvalue weighted by atomic mass is 10.1. The number of nitrogens with two attached hydrogens (primary N) is 1. The normalized spacial score (nSPS) is 21.7. The first-order valence-electron chi connectivity index (χ1n) is 5.05. The zero-order valence-electron chi connectivity index (χ0n) is 8.36. The number of aliphatic hydroxyl groups excluding tert-OH is 1.